The van der Waals surface area contributed by atoms with Crippen LogP contribution in [0.5, 0.6) is 0 Å². The summed E-state index contributed by atoms with van der Waals surface area (Å²) in [6.07, 6.45) is 7.60. The number of carbonyl (C=O) groups is 1. The van der Waals surface area contributed by atoms with Gasteiger partial charge in [0.2, 0.25) is 0 Å². The van der Waals surface area contributed by atoms with Crippen LogP contribution in [0, 0.1) is 28.6 Å². The van der Waals surface area contributed by atoms with Gasteiger partial charge in [0.1, 0.15) is 12.9 Å². The first-order valence-electron chi connectivity index (χ1n) is 9.33. The fraction of sp³-hybridized carbons (Fsp3) is 0.900. The lowest BCUT2D eigenvalue weighted by Gasteiger charge is -2.42. The normalized spacial score (nSPS) is 33.5. The van der Waals surface area contributed by atoms with Crippen molar-refractivity contribution in [3.8, 4) is 0 Å². The Kier molecular flexibility index (Phi) is 5.58. The number of rotatable bonds is 5. The molecule has 0 aromatic rings. The van der Waals surface area contributed by atoms with Gasteiger partial charge in [-0.05, 0) is 55.8 Å². The van der Waals surface area contributed by atoms with Crippen molar-refractivity contribution in [2.24, 2.45) is 33.7 Å². The molecule has 2 saturated carbocycles. The van der Waals surface area contributed by atoms with E-state index >= 15 is 0 Å². The predicted octanol–water partition coefficient (Wildman–Crippen LogP) is 5.24. The third-order valence-corrected chi connectivity index (χ3v) is 6.53. The Hall–Kier alpha value is -0.860. The van der Waals surface area contributed by atoms with E-state index in [0.717, 1.165) is 37.8 Å². The summed E-state index contributed by atoms with van der Waals surface area (Å²) in [6.45, 7) is 11.4. The van der Waals surface area contributed by atoms with E-state index in [1.165, 1.54) is 12.8 Å². The summed E-state index contributed by atoms with van der Waals surface area (Å²) in [5.74, 6) is 2.18. The molecule has 0 N–H and O–H groups in total. The average molecular weight is 322 g/mol. The summed E-state index contributed by atoms with van der Waals surface area (Å²) in [4.78, 5) is 17.3. The van der Waals surface area contributed by atoms with Crippen LogP contribution in [-0.2, 0) is 9.63 Å². The summed E-state index contributed by atoms with van der Waals surface area (Å²) in [7, 11) is 1.63. The van der Waals surface area contributed by atoms with Gasteiger partial charge in [0.15, 0.2) is 0 Å². The molecule has 0 bridgehead atoms. The van der Waals surface area contributed by atoms with Gasteiger partial charge in [-0.3, -0.25) is 4.79 Å². The molecule has 4 atom stereocenters. The number of fused-ring (bicyclic) bond motifs is 1. The van der Waals surface area contributed by atoms with Crippen LogP contribution in [0.3, 0.4) is 0 Å². The second-order valence-corrected chi connectivity index (χ2v) is 9.05. The Bertz CT molecular complexity index is 463. The van der Waals surface area contributed by atoms with Gasteiger partial charge < -0.3 is 4.84 Å². The lowest BCUT2D eigenvalue weighted by molar-refractivity contribution is -0.130. The molecular weight excluding hydrogens is 286 g/mol. The van der Waals surface area contributed by atoms with Crippen LogP contribution in [0.2, 0.25) is 0 Å². The molecule has 132 valence electrons. The van der Waals surface area contributed by atoms with Crippen molar-refractivity contribution < 1.29 is 9.63 Å². The van der Waals surface area contributed by atoms with Gasteiger partial charge >= 0.3 is 0 Å². The van der Waals surface area contributed by atoms with E-state index in [4.69, 9.17) is 4.84 Å². The molecule has 2 aliphatic rings. The Morgan fingerprint density at radius 2 is 2.09 bits per heavy atom. The molecule has 0 amide bonds. The monoisotopic (exact) mass is 321 g/mol. The van der Waals surface area contributed by atoms with Crippen LogP contribution >= 0.6 is 0 Å². The molecular formula is C20H35NO2. The highest BCUT2D eigenvalue weighted by Crippen LogP contribution is 2.57. The molecule has 0 radical (unpaired) electrons. The first-order valence-corrected chi connectivity index (χ1v) is 9.33. The lowest BCUT2D eigenvalue weighted by Crippen LogP contribution is -2.39. The zero-order chi connectivity index (χ0) is 17.3. The molecule has 0 spiro atoms. The fourth-order valence-corrected chi connectivity index (χ4v) is 5.14. The van der Waals surface area contributed by atoms with Crippen molar-refractivity contribution in [1.82, 2.24) is 0 Å². The highest BCUT2D eigenvalue weighted by Gasteiger charge is 2.52. The Morgan fingerprint density at radius 1 is 1.39 bits per heavy atom. The topological polar surface area (TPSA) is 38.7 Å². The fourth-order valence-electron chi connectivity index (χ4n) is 5.14. The van der Waals surface area contributed by atoms with E-state index < -0.39 is 0 Å². The number of hydrogen-bond donors (Lipinski definition) is 0. The number of hydrogen-bond acceptors (Lipinski definition) is 3. The number of nitrogens with zero attached hydrogens (tertiary/aromatic N) is 1. The number of carbonyl (C=O) groups excluding carboxylic acids is 1. The van der Waals surface area contributed by atoms with Crippen molar-refractivity contribution in [1.29, 1.82) is 0 Å². The smallest absolute Gasteiger partial charge is 0.136 e. The number of Topliss-reactive ketones (excluding diaryl/α,β-unsaturated/α-hetero) is 1. The van der Waals surface area contributed by atoms with Crippen molar-refractivity contribution in [3.05, 3.63) is 0 Å². The molecule has 3 heteroatoms. The van der Waals surface area contributed by atoms with Crippen molar-refractivity contribution in [2.45, 2.75) is 79.6 Å². The molecule has 1 unspecified atom stereocenters. The van der Waals surface area contributed by atoms with E-state index in [0.29, 0.717) is 23.5 Å². The molecule has 0 aromatic heterocycles. The summed E-state index contributed by atoms with van der Waals surface area (Å²) < 4.78 is 0. The Morgan fingerprint density at radius 3 is 2.70 bits per heavy atom. The Labute approximate surface area is 142 Å². The second kappa shape index (κ2) is 6.94. The van der Waals surface area contributed by atoms with Crippen LogP contribution in [0.25, 0.3) is 0 Å². The summed E-state index contributed by atoms with van der Waals surface area (Å²) in [5, 5.41) is 4.27. The maximum Gasteiger partial charge on any atom is 0.136 e. The van der Waals surface area contributed by atoms with Gasteiger partial charge in [0.05, 0.1) is 5.71 Å². The van der Waals surface area contributed by atoms with Gasteiger partial charge in [-0.15, -0.1) is 0 Å². The molecule has 3 nitrogen and oxygen atoms in total. The molecule has 0 aliphatic heterocycles. The molecule has 2 fully saturated rings. The maximum absolute atomic E-state index is 12.3. The van der Waals surface area contributed by atoms with E-state index in [9.17, 15) is 4.79 Å². The van der Waals surface area contributed by atoms with Gasteiger partial charge in [0, 0.05) is 17.8 Å². The minimum atomic E-state index is 0.0542. The van der Waals surface area contributed by atoms with Crippen molar-refractivity contribution >= 4 is 11.5 Å². The predicted molar refractivity (Wildman–Crippen MR) is 95.5 cm³/mol. The average Bonchev–Trinajstić information content (AvgIpc) is 2.80. The van der Waals surface area contributed by atoms with Crippen LogP contribution in [-0.4, -0.2) is 18.6 Å². The van der Waals surface area contributed by atoms with Gasteiger partial charge in [-0.1, -0.05) is 39.8 Å². The summed E-state index contributed by atoms with van der Waals surface area (Å²) in [6, 6.07) is 0. The zero-order valence-corrected chi connectivity index (χ0v) is 15.9. The Balaban J connectivity index is 2.02. The highest BCUT2D eigenvalue weighted by molar-refractivity contribution is 5.88. The number of ketones is 1. The molecule has 0 saturated heterocycles. The van der Waals surface area contributed by atoms with Crippen LogP contribution in [0.15, 0.2) is 5.16 Å². The molecule has 0 heterocycles. The third-order valence-electron chi connectivity index (χ3n) is 6.53. The quantitative estimate of drug-likeness (QED) is 0.513. The first-order chi connectivity index (χ1) is 10.7. The van der Waals surface area contributed by atoms with Crippen LogP contribution < -0.4 is 0 Å². The molecule has 2 aliphatic carbocycles. The number of oxime groups is 1. The lowest BCUT2D eigenvalue weighted by atomic mass is 9.62. The highest BCUT2D eigenvalue weighted by atomic mass is 16.6. The standard InChI is InChI=1S/C20H35NO2/c1-14(9-12-18(21-23-6)19(2,3)4)15-10-11-16-17(22)8-7-13-20(15,16)5/h14-16H,7-13H2,1-6H3/b21-18+/t14-,15-,16?,20-/m1/s1. The van der Waals surface area contributed by atoms with Crippen molar-refractivity contribution in [3.63, 3.8) is 0 Å². The molecule has 23 heavy (non-hydrogen) atoms. The molecule has 2 rings (SSSR count). The molecule has 0 aromatic carbocycles. The third kappa shape index (κ3) is 3.80. The van der Waals surface area contributed by atoms with E-state index in [1.54, 1.807) is 7.11 Å². The van der Waals surface area contributed by atoms with Crippen molar-refractivity contribution in [2.75, 3.05) is 7.11 Å². The minimum absolute atomic E-state index is 0.0542. The van der Waals surface area contributed by atoms with E-state index in [1.807, 2.05) is 0 Å². The first kappa shape index (κ1) is 18.5. The minimum Gasteiger partial charge on any atom is -0.399 e. The van der Waals surface area contributed by atoms with Gasteiger partial charge in [-0.25, -0.2) is 0 Å². The van der Waals surface area contributed by atoms with Crippen LogP contribution in [0.4, 0.5) is 0 Å². The summed E-state index contributed by atoms with van der Waals surface area (Å²) in [5.41, 5.74) is 1.44. The SMILES string of the molecule is CO/N=C(\CC[C@@H](C)[C@H]1CCC2C(=O)CCC[C@@]21C)C(C)(C)C. The zero-order valence-electron chi connectivity index (χ0n) is 15.9. The largest absolute Gasteiger partial charge is 0.399 e. The van der Waals surface area contributed by atoms with Crippen LogP contribution in [0.1, 0.15) is 79.6 Å². The van der Waals surface area contributed by atoms with E-state index in [-0.39, 0.29) is 10.8 Å². The van der Waals surface area contributed by atoms with Gasteiger partial charge in [0.25, 0.3) is 0 Å². The van der Waals surface area contributed by atoms with E-state index in [2.05, 4.69) is 39.8 Å². The van der Waals surface area contributed by atoms with Gasteiger partial charge in [-0.2, -0.15) is 0 Å². The second-order valence-electron chi connectivity index (χ2n) is 9.05. The maximum atomic E-state index is 12.3. The summed E-state index contributed by atoms with van der Waals surface area (Å²) >= 11 is 0.